The fraction of sp³-hybridized carbons (Fsp3) is 0.190. The molecule has 2 atom stereocenters. The van der Waals surface area contributed by atoms with E-state index in [9.17, 15) is 18.5 Å². The zero-order valence-corrected chi connectivity index (χ0v) is 17.8. The van der Waals surface area contributed by atoms with Gasteiger partial charge in [-0.1, -0.05) is 18.2 Å². The Morgan fingerprint density at radius 2 is 1.93 bits per heavy atom. The Morgan fingerprint density at radius 3 is 2.60 bits per heavy atom. The van der Waals surface area contributed by atoms with Gasteiger partial charge in [-0.05, 0) is 37.3 Å². The van der Waals surface area contributed by atoms with Gasteiger partial charge in [0.25, 0.3) is 0 Å². The van der Waals surface area contributed by atoms with Crippen LogP contribution in [0.2, 0.25) is 0 Å². The fourth-order valence-corrected chi connectivity index (χ4v) is 5.96. The van der Waals surface area contributed by atoms with Crippen molar-refractivity contribution in [3.05, 3.63) is 59.8 Å². The molecule has 152 valence electrons. The van der Waals surface area contributed by atoms with Gasteiger partial charge in [-0.2, -0.15) is 10.4 Å². The van der Waals surface area contributed by atoms with Gasteiger partial charge in [-0.25, -0.2) is 8.42 Å². The van der Waals surface area contributed by atoms with Crippen molar-refractivity contribution in [1.29, 1.82) is 5.26 Å². The van der Waals surface area contributed by atoms with Gasteiger partial charge >= 0.3 is 0 Å². The lowest BCUT2D eigenvalue weighted by atomic mass is 10.0. The SMILES string of the molecule is COc1ccc(S(=O)(=O)C(C#N)C(=O)c2[nH]nc3c2C(C)Sc2ccccc2-3)cc1. The van der Waals surface area contributed by atoms with Crippen molar-refractivity contribution in [2.45, 2.75) is 27.2 Å². The number of ketones is 1. The molecule has 0 radical (unpaired) electrons. The van der Waals surface area contributed by atoms with Gasteiger partial charge in [-0.15, -0.1) is 11.8 Å². The van der Waals surface area contributed by atoms with Crippen LogP contribution >= 0.6 is 11.8 Å². The summed E-state index contributed by atoms with van der Waals surface area (Å²) >= 11 is 1.56. The number of fused-ring (bicyclic) bond motifs is 3. The van der Waals surface area contributed by atoms with Crippen LogP contribution in [0.1, 0.15) is 28.2 Å². The number of aromatic amines is 1. The monoisotopic (exact) mass is 439 g/mol. The predicted molar refractivity (Wildman–Crippen MR) is 112 cm³/mol. The maximum absolute atomic E-state index is 13.2. The lowest BCUT2D eigenvalue weighted by molar-refractivity contribution is 0.0995. The number of ether oxygens (including phenoxy) is 1. The topological polar surface area (TPSA) is 113 Å². The van der Waals surface area contributed by atoms with Crippen molar-refractivity contribution in [1.82, 2.24) is 10.2 Å². The summed E-state index contributed by atoms with van der Waals surface area (Å²) in [6, 6.07) is 14.9. The van der Waals surface area contributed by atoms with Crippen molar-refractivity contribution in [3.63, 3.8) is 0 Å². The van der Waals surface area contributed by atoms with E-state index in [1.54, 1.807) is 17.8 Å². The summed E-state index contributed by atoms with van der Waals surface area (Å²) in [5.41, 5.74) is 2.16. The first kappa shape index (κ1) is 20.2. The maximum atomic E-state index is 13.2. The fourth-order valence-electron chi connectivity index (χ4n) is 3.46. The van der Waals surface area contributed by atoms with Crippen LogP contribution in [-0.2, 0) is 9.84 Å². The number of carbonyl (C=O) groups is 1. The summed E-state index contributed by atoms with van der Waals surface area (Å²) < 4.78 is 31.1. The summed E-state index contributed by atoms with van der Waals surface area (Å²) in [5.74, 6) is -0.338. The molecule has 30 heavy (non-hydrogen) atoms. The minimum atomic E-state index is -4.23. The third kappa shape index (κ3) is 3.18. The number of carbonyl (C=O) groups excluding carboxylic acids is 1. The molecule has 1 aliphatic rings. The van der Waals surface area contributed by atoms with Crippen LogP contribution in [0.4, 0.5) is 0 Å². The smallest absolute Gasteiger partial charge is 0.216 e. The van der Waals surface area contributed by atoms with E-state index in [0.29, 0.717) is 17.0 Å². The average molecular weight is 440 g/mol. The molecule has 1 aliphatic heterocycles. The molecule has 0 saturated heterocycles. The summed E-state index contributed by atoms with van der Waals surface area (Å²) in [7, 11) is -2.76. The molecular weight excluding hydrogens is 422 g/mol. The van der Waals surface area contributed by atoms with Gasteiger partial charge in [0.2, 0.25) is 20.9 Å². The number of rotatable bonds is 5. The molecule has 0 saturated carbocycles. The maximum Gasteiger partial charge on any atom is 0.216 e. The molecule has 0 spiro atoms. The van der Waals surface area contributed by atoms with Crippen LogP contribution in [-0.4, -0.2) is 36.8 Å². The van der Waals surface area contributed by atoms with E-state index in [1.807, 2.05) is 31.2 Å². The average Bonchev–Trinajstić information content (AvgIpc) is 3.20. The molecule has 2 heterocycles. The number of nitriles is 1. The lowest BCUT2D eigenvalue weighted by Crippen LogP contribution is -2.30. The van der Waals surface area contributed by atoms with E-state index in [1.165, 1.54) is 31.4 Å². The number of sulfone groups is 1. The Hall–Kier alpha value is -3.09. The second kappa shape index (κ2) is 7.63. The molecule has 0 bridgehead atoms. The largest absolute Gasteiger partial charge is 0.497 e. The Bertz CT molecular complexity index is 1270. The number of nitrogens with one attached hydrogen (secondary N) is 1. The van der Waals surface area contributed by atoms with Gasteiger partial charge < -0.3 is 4.74 Å². The quantitative estimate of drug-likeness (QED) is 0.602. The number of benzene rings is 2. The minimum Gasteiger partial charge on any atom is -0.497 e. The molecule has 2 unspecified atom stereocenters. The Balaban J connectivity index is 1.76. The Labute approximate surface area is 178 Å². The molecule has 3 aromatic rings. The molecule has 2 aromatic carbocycles. The standard InChI is InChI=1S/C21H17N3O4S2/c1-12-18-19(15-5-3-4-6-16(15)29-12)23-24-20(18)21(25)17(11-22)30(26,27)14-9-7-13(28-2)8-10-14/h3-10,12,17H,1-2H3,(H,23,24). The van der Waals surface area contributed by atoms with Gasteiger partial charge in [0.1, 0.15) is 11.4 Å². The molecule has 0 aliphatic carbocycles. The highest BCUT2D eigenvalue weighted by molar-refractivity contribution is 7.99. The van der Waals surface area contributed by atoms with Crippen LogP contribution < -0.4 is 4.74 Å². The summed E-state index contributed by atoms with van der Waals surface area (Å²) in [4.78, 5) is 14.1. The first-order valence-corrected chi connectivity index (χ1v) is 11.5. The van der Waals surface area contributed by atoms with Crippen molar-refractivity contribution < 1.29 is 17.9 Å². The Morgan fingerprint density at radius 1 is 1.23 bits per heavy atom. The van der Waals surface area contributed by atoms with E-state index in [4.69, 9.17) is 4.74 Å². The van der Waals surface area contributed by atoms with Crippen molar-refractivity contribution in [3.8, 4) is 23.1 Å². The van der Waals surface area contributed by atoms with E-state index in [2.05, 4.69) is 10.2 Å². The number of Topliss-reactive ketones (excluding diaryl/α,β-unsaturated/α-hetero) is 1. The van der Waals surface area contributed by atoms with Gasteiger partial charge in [-0.3, -0.25) is 9.89 Å². The normalized spacial score (nSPS) is 16.1. The summed E-state index contributed by atoms with van der Waals surface area (Å²) in [6.07, 6.45) is 0. The number of methoxy groups -OCH3 is 1. The van der Waals surface area contributed by atoms with Crippen LogP contribution in [0.15, 0.2) is 58.3 Å². The number of hydrogen-bond donors (Lipinski definition) is 1. The minimum absolute atomic E-state index is 0.0585. The highest BCUT2D eigenvalue weighted by atomic mass is 32.2. The zero-order valence-electron chi connectivity index (χ0n) is 16.1. The van der Waals surface area contributed by atoms with Crippen LogP contribution in [0.5, 0.6) is 5.75 Å². The van der Waals surface area contributed by atoms with Crippen LogP contribution in [0.25, 0.3) is 11.3 Å². The Kier molecular flexibility index (Phi) is 5.13. The van der Waals surface area contributed by atoms with Crippen LogP contribution in [0, 0.1) is 11.3 Å². The summed E-state index contributed by atoms with van der Waals surface area (Å²) in [6.45, 7) is 1.92. The number of H-pyrrole nitrogens is 1. The molecule has 1 N–H and O–H groups in total. The number of hydrogen-bond acceptors (Lipinski definition) is 7. The van der Waals surface area contributed by atoms with Gasteiger partial charge in [0.05, 0.1) is 23.8 Å². The second-order valence-corrected chi connectivity index (χ2v) is 10.1. The molecule has 0 fully saturated rings. The summed E-state index contributed by atoms with van der Waals surface area (Å²) in [5, 5.41) is 14.6. The first-order valence-electron chi connectivity index (χ1n) is 9.04. The van der Waals surface area contributed by atoms with Crippen molar-refractivity contribution >= 4 is 27.4 Å². The van der Waals surface area contributed by atoms with Gasteiger partial charge in [0, 0.05) is 21.3 Å². The van der Waals surface area contributed by atoms with Crippen LogP contribution in [0.3, 0.4) is 0 Å². The number of thioether (sulfide) groups is 1. The third-order valence-corrected chi connectivity index (χ3v) is 8.02. The molecule has 4 rings (SSSR count). The number of aromatic nitrogens is 2. The third-order valence-electron chi connectivity index (χ3n) is 4.96. The molecule has 1 aromatic heterocycles. The van der Waals surface area contributed by atoms with E-state index < -0.39 is 20.9 Å². The molecule has 9 heteroatoms. The molecule has 7 nitrogen and oxygen atoms in total. The highest BCUT2D eigenvalue weighted by Crippen LogP contribution is 2.49. The number of nitrogens with zero attached hydrogens (tertiary/aromatic N) is 2. The second-order valence-electron chi connectivity index (χ2n) is 6.71. The molecular formula is C21H17N3O4S2. The molecule has 0 amide bonds. The lowest BCUT2D eigenvalue weighted by Gasteiger charge is -2.21. The van der Waals surface area contributed by atoms with Crippen molar-refractivity contribution in [2.24, 2.45) is 0 Å². The zero-order chi connectivity index (χ0) is 21.5. The predicted octanol–water partition coefficient (Wildman–Crippen LogP) is 3.80. The van der Waals surface area contributed by atoms with Crippen molar-refractivity contribution in [2.75, 3.05) is 7.11 Å². The van der Waals surface area contributed by atoms with Gasteiger partial charge in [0.15, 0.2) is 0 Å². The van der Waals surface area contributed by atoms with E-state index in [0.717, 1.165) is 10.5 Å². The first-order chi connectivity index (χ1) is 14.4. The van der Waals surface area contributed by atoms with E-state index in [-0.39, 0.29) is 15.8 Å². The highest BCUT2D eigenvalue weighted by Gasteiger charge is 2.39. The van der Waals surface area contributed by atoms with E-state index >= 15 is 0 Å².